The molecule has 56 valence electrons. The molecule has 0 aromatic rings. The van der Waals surface area contributed by atoms with E-state index in [9.17, 15) is 4.79 Å². The Morgan fingerprint density at radius 3 is 2.90 bits per heavy atom. The Labute approximate surface area is 60.9 Å². The van der Waals surface area contributed by atoms with E-state index in [0.29, 0.717) is 6.42 Å². The summed E-state index contributed by atoms with van der Waals surface area (Å²) in [6.45, 7) is 1.63. The topological polar surface area (TPSA) is 49.3 Å². The van der Waals surface area contributed by atoms with E-state index in [1.54, 1.807) is 6.82 Å². The number of carbonyl (C=O) groups is 1. The summed E-state index contributed by atoms with van der Waals surface area (Å²) in [5.74, 6) is 0.237. The summed E-state index contributed by atoms with van der Waals surface area (Å²) in [6, 6.07) is -0.0833. The third-order valence-corrected chi connectivity index (χ3v) is 1.75. The minimum Gasteiger partial charge on any atom is -0.437 e. The van der Waals surface area contributed by atoms with Crippen molar-refractivity contribution in [1.82, 2.24) is 5.23 Å². The molecule has 10 heavy (non-hydrogen) atoms. The molecule has 0 saturated heterocycles. The lowest BCUT2D eigenvalue weighted by atomic mass is 9.87. The van der Waals surface area contributed by atoms with E-state index in [1.165, 1.54) is 0 Å². The number of nitrogens with one attached hydrogen (secondary N) is 1. The van der Waals surface area contributed by atoms with Crippen LogP contribution in [0.2, 0.25) is 6.82 Å². The Hall–Kier alpha value is -0.345. The van der Waals surface area contributed by atoms with Gasteiger partial charge in [-0.2, -0.15) is 0 Å². The monoisotopic (exact) mass is 141 g/mol. The Morgan fingerprint density at radius 1 is 1.80 bits per heavy atom. The van der Waals surface area contributed by atoms with Crippen LogP contribution in [0, 0.1) is 0 Å². The van der Waals surface area contributed by atoms with E-state index in [0.717, 1.165) is 12.8 Å². The Morgan fingerprint density at radius 2 is 2.50 bits per heavy atom. The van der Waals surface area contributed by atoms with Crippen molar-refractivity contribution in [3.05, 3.63) is 0 Å². The summed E-state index contributed by atoms with van der Waals surface area (Å²) in [4.78, 5) is 10.9. The molecule has 1 aliphatic carbocycles. The molecule has 0 aromatic heterocycles. The van der Waals surface area contributed by atoms with Crippen LogP contribution in [0.4, 0.5) is 0 Å². The van der Waals surface area contributed by atoms with Gasteiger partial charge in [-0.05, 0) is 19.7 Å². The average Bonchev–Trinajstić information content (AvgIpc) is 2.15. The molecule has 4 heteroatoms. The van der Waals surface area contributed by atoms with Crippen LogP contribution >= 0.6 is 0 Å². The minimum absolute atomic E-state index is 0.0833. The van der Waals surface area contributed by atoms with Gasteiger partial charge in [0.05, 0.1) is 6.04 Å². The fourth-order valence-electron chi connectivity index (χ4n) is 1.28. The number of ketones is 1. The van der Waals surface area contributed by atoms with Crippen molar-refractivity contribution >= 4 is 12.8 Å². The lowest BCUT2D eigenvalue weighted by Gasteiger charge is -2.09. The van der Waals surface area contributed by atoms with E-state index in [1.807, 2.05) is 0 Å². The first kappa shape index (κ1) is 7.76. The number of hydrogen-bond donors (Lipinski definition) is 2. The van der Waals surface area contributed by atoms with Gasteiger partial charge in [-0.15, -0.1) is 0 Å². The second-order valence-electron chi connectivity index (χ2n) is 2.75. The summed E-state index contributed by atoms with van der Waals surface area (Å²) in [5.41, 5.74) is 0. The first-order chi connectivity index (χ1) is 4.70. The molecule has 0 amide bonds. The summed E-state index contributed by atoms with van der Waals surface area (Å²) >= 11 is 0. The zero-order chi connectivity index (χ0) is 7.56. The largest absolute Gasteiger partial charge is 0.437 e. The van der Waals surface area contributed by atoms with Gasteiger partial charge in [0.15, 0.2) is 0 Å². The van der Waals surface area contributed by atoms with Crippen molar-refractivity contribution in [2.75, 3.05) is 0 Å². The first-order valence-corrected chi connectivity index (χ1v) is 3.67. The molecule has 1 unspecified atom stereocenters. The zero-order valence-electron chi connectivity index (χ0n) is 6.13. The molecule has 0 heterocycles. The van der Waals surface area contributed by atoms with Crippen molar-refractivity contribution in [3.63, 3.8) is 0 Å². The Kier molecular flexibility index (Phi) is 2.46. The van der Waals surface area contributed by atoms with Gasteiger partial charge >= 0.3 is 7.05 Å². The number of hydrogen-bond acceptors (Lipinski definition) is 3. The van der Waals surface area contributed by atoms with Crippen LogP contribution in [0.25, 0.3) is 0 Å². The van der Waals surface area contributed by atoms with Crippen molar-refractivity contribution in [2.45, 2.75) is 32.1 Å². The molecule has 1 atom stereocenters. The number of carbonyl (C=O) groups excluding carboxylic acids is 1. The van der Waals surface area contributed by atoms with Crippen molar-refractivity contribution in [1.29, 1.82) is 0 Å². The number of Topliss-reactive ketones (excluding diaryl/α,β-unsaturated/α-hetero) is 1. The van der Waals surface area contributed by atoms with Gasteiger partial charge in [-0.3, -0.25) is 4.79 Å². The Balaban J connectivity index is 2.33. The lowest BCUT2D eigenvalue weighted by molar-refractivity contribution is -0.118. The standard InChI is InChI=1S/C6H12BNO2/c1-7(10)8-5-3-2-4-6(5)9/h5,8,10H,2-4H2,1H3. The molecular weight excluding hydrogens is 129 g/mol. The van der Waals surface area contributed by atoms with Crippen molar-refractivity contribution in [2.24, 2.45) is 0 Å². The van der Waals surface area contributed by atoms with Crippen LogP contribution in [-0.2, 0) is 4.79 Å². The maximum Gasteiger partial charge on any atom is 0.374 e. The molecule has 0 spiro atoms. The predicted octanol–water partition coefficient (Wildman–Crippen LogP) is -0.192. The molecule has 3 nitrogen and oxygen atoms in total. The zero-order valence-corrected chi connectivity index (χ0v) is 6.13. The highest BCUT2D eigenvalue weighted by Gasteiger charge is 2.25. The second kappa shape index (κ2) is 3.17. The molecule has 1 rings (SSSR count). The molecule has 1 aliphatic rings. The Bertz CT molecular complexity index is 138. The van der Waals surface area contributed by atoms with Gasteiger partial charge in [-0.25, -0.2) is 0 Å². The van der Waals surface area contributed by atoms with Crippen LogP contribution in [0.15, 0.2) is 0 Å². The first-order valence-electron chi connectivity index (χ1n) is 3.67. The summed E-state index contributed by atoms with van der Waals surface area (Å²) in [7, 11) is -0.563. The van der Waals surface area contributed by atoms with Crippen LogP contribution in [0.1, 0.15) is 19.3 Å². The quantitative estimate of drug-likeness (QED) is 0.524. The molecular formula is C6H12BNO2. The van der Waals surface area contributed by atoms with Gasteiger partial charge in [-0.1, -0.05) is 0 Å². The molecule has 0 aromatic carbocycles. The summed E-state index contributed by atoms with van der Waals surface area (Å²) in [6.07, 6.45) is 2.51. The van der Waals surface area contributed by atoms with Gasteiger partial charge in [0.2, 0.25) is 0 Å². The van der Waals surface area contributed by atoms with Crippen LogP contribution < -0.4 is 5.23 Å². The molecule has 2 N–H and O–H groups in total. The maximum absolute atomic E-state index is 10.9. The van der Waals surface area contributed by atoms with E-state index in [-0.39, 0.29) is 11.8 Å². The highest BCUT2D eigenvalue weighted by atomic mass is 16.2. The van der Waals surface area contributed by atoms with Crippen molar-refractivity contribution in [3.8, 4) is 0 Å². The normalized spacial score (nSPS) is 25.4. The summed E-state index contributed by atoms with van der Waals surface area (Å²) < 4.78 is 0. The molecule has 0 radical (unpaired) electrons. The average molecular weight is 141 g/mol. The maximum atomic E-state index is 10.9. The third-order valence-electron chi connectivity index (χ3n) is 1.75. The molecule has 1 saturated carbocycles. The lowest BCUT2D eigenvalue weighted by Crippen LogP contribution is -2.42. The van der Waals surface area contributed by atoms with Crippen molar-refractivity contribution < 1.29 is 9.82 Å². The molecule has 1 fully saturated rings. The van der Waals surface area contributed by atoms with E-state index in [4.69, 9.17) is 5.02 Å². The van der Waals surface area contributed by atoms with Gasteiger partial charge in [0.1, 0.15) is 5.78 Å². The SMILES string of the molecule is CB(O)NC1CCCC1=O. The highest BCUT2D eigenvalue weighted by Crippen LogP contribution is 2.13. The van der Waals surface area contributed by atoms with Gasteiger partial charge in [0.25, 0.3) is 0 Å². The van der Waals surface area contributed by atoms with E-state index >= 15 is 0 Å². The van der Waals surface area contributed by atoms with Crippen LogP contribution in [-0.4, -0.2) is 23.9 Å². The second-order valence-corrected chi connectivity index (χ2v) is 2.75. The minimum atomic E-state index is -0.563. The van der Waals surface area contributed by atoms with Gasteiger partial charge in [0, 0.05) is 6.42 Å². The van der Waals surface area contributed by atoms with E-state index < -0.39 is 7.05 Å². The molecule has 0 aliphatic heterocycles. The van der Waals surface area contributed by atoms with E-state index in [2.05, 4.69) is 5.23 Å². The smallest absolute Gasteiger partial charge is 0.374 e. The number of rotatable bonds is 2. The fraction of sp³-hybridized carbons (Fsp3) is 0.833. The van der Waals surface area contributed by atoms with Crippen LogP contribution in [0.3, 0.4) is 0 Å². The van der Waals surface area contributed by atoms with Gasteiger partial charge < -0.3 is 10.3 Å². The molecule has 0 bridgehead atoms. The predicted molar refractivity (Wildman–Crippen MR) is 39.6 cm³/mol. The highest BCUT2D eigenvalue weighted by molar-refractivity contribution is 6.46. The fourth-order valence-corrected chi connectivity index (χ4v) is 1.28. The summed E-state index contributed by atoms with van der Waals surface area (Å²) in [5, 5.41) is 11.7. The van der Waals surface area contributed by atoms with Crippen LogP contribution in [0.5, 0.6) is 0 Å². The third kappa shape index (κ3) is 1.82.